The number of thioether (sulfide) groups is 1. The summed E-state index contributed by atoms with van der Waals surface area (Å²) in [6.45, 7) is 0. The molecule has 0 amide bonds. The van der Waals surface area contributed by atoms with E-state index in [0.29, 0.717) is 5.56 Å². The summed E-state index contributed by atoms with van der Waals surface area (Å²) >= 11 is 2.64. The van der Waals surface area contributed by atoms with E-state index in [2.05, 4.69) is 9.11 Å². The van der Waals surface area contributed by atoms with Gasteiger partial charge in [-0.1, -0.05) is 0 Å². The molecule has 1 rings (SSSR count). The Labute approximate surface area is 78.3 Å². The molecule has 0 aliphatic heterocycles. The predicted octanol–water partition coefficient (Wildman–Crippen LogP) is 1.23. The van der Waals surface area contributed by atoms with Gasteiger partial charge in [0.15, 0.2) is 5.82 Å². The molecule has 2 N–H and O–H groups in total. The minimum absolute atomic E-state index is 0.246. The third kappa shape index (κ3) is 1.54. The smallest absolute Gasteiger partial charge is 0.343 e. The van der Waals surface area contributed by atoms with Gasteiger partial charge in [0.1, 0.15) is 5.56 Å². The highest BCUT2D eigenvalue weighted by Gasteiger charge is 2.18. The van der Waals surface area contributed by atoms with Gasteiger partial charge in [-0.2, -0.15) is 4.37 Å². The third-order valence-electron chi connectivity index (χ3n) is 1.26. The summed E-state index contributed by atoms with van der Waals surface area (Å²) in [5.41, 5.74) is 5.86. The molecule has 0 spiro atoms. The lowest BCUT2D eigenvalue weighted by molar-refractivity contribution is 0.0599. The maximum absolute atomic E-state index is 11.1. The molecule has 0 saturated carbocycles. The number of rotatable bonds is 2. The van der Waals surface area contributed by atoms with E-state index >= 15 is 0 Å². The van der Waals surface area contributed by atoms with Crippen LogP contribution < -0.4 is 5.73 Å². The lowest BCUT2D eigenvalue weighted by Crippen LogP contribution is -2.04. The van der Waals surface area contributed by atoms with E-state index in [1.54, 1.807) is 0 Å². The average Bonchev–Trinajstić information content (AvgIpc) is 2.45. The van der Waals surface area contributed by atoms with Crippen LogP contribution in [0, 0.1) is 0 Å². The first-order valence-electron chi connectivity index (χ1n) is 3.08. The van der Waals surface area contributed by atoms with Gasteiger partial charge in [-0.05, 0) is 17.8 Å². The molecule has 66 valence electrons. The molecule has 6 heteroatoms. The number of ether oxygens (including phenoxy) is 1. The molecule has 0 aliphatic carbocycles. The van der Waals surface area contributed by atoms with E-state index in [1.807, 2.05) is 6.26 Å². The molecule has 0 fully saturated rings. The van der Waals surface area contributed by atoms with E-state index in [1.165, 1.54) is 30.4 Å². The van der Waals surface area contributed by atoms with Crippen LogP contribution in [0.5, 0.6) is 0 Å². The van der Waals surface area contributed by atoms with Gasteiger partial charge in [0.25, 0.3) is 0 Å². The van der Waals surface area contributed by atoms with Crippen molar-refractivity contribution in [3.05, 3.63) is 5.56 Å². The zero-order valence-electron chi connectivity index (χ0n) is 6.66. The molecule has 0 radical (unpaired) electrons. The molecule has 0 saturated heterocycles. The number of esters is 1. The topological polar surface area (TPSA) is 65.2 Å². The summed E-state index contributed by atoms with van der Waals surface area (Å²) in [5.74, 6) is -0.179. The lowest BCUT2D eigenvalue weighted by atomic mass is 10.3. The number of carbonyl (C=O) groups excluding carboxylic acids is 1. The molecule has 4 nitrogen and oxygen atoms in total. The fraction of sp³-hybridized carbons (Fsp3) is 0.333. The van der Waals surface area contributed by atoms with Crippen LogP contribution in [0.4, 0.5) is 5.82 Å². The van der Waals surface area contributed by atoms with Gasteiger partial charge in [0.2, 0.25) is 0 Å². The van der Waals surface area contributed by atoms with Crippen LogP contribution in [0.3, 0.4) is 0 Å². The maximum Gasteiger partial charge on any atom is 0.343 e. The highest BCUT2D eigenvalue weighted by Crippen LogP contribution is 2.29. The molecule has 0 bridgehead atoms. The quantitative estimate of drug-likeness (QED) is 0.580. The van der Waals surface area contributed by atoms with Gasteiger partial charge >= 0.3 is 5.97 Å². The zero-order chi connectivity index (χ0) is 9.14. The number of carbonyl (C=O) groups is 1. The van der Waals surface area contributed by atoms with Crippen molar-refractivity contribution in [1.29, 1.82) is 0 Å². The van der Waals surface area contributed by atoms with Gasteiger partial charge in [0.05, 0.1) is 11.3 Å². The maximum atomic E-state index is 11.1. The van der Waals surface area contributed by atoms with Crippen molar-refractivity contribution in [3.63, 3.8) is 0 Å². The first-order chi connectivity index (χ1) is 5.70. The summed E-state index contributed by atoms with van der Waals surface area (Å²) in [7, 11) is 1.32. The van der Waals surface area contributed by atoms with E-state index in [4.69, 9.17) is 5.73 Å². The number of methoxy groups -OCH3 is 1. The summed E-state index contributed by atoms with van der Waals surface area (Å²) in [5, 5.41) is 0. The van der Waals surface area contributed by atoms with Crippen molar-refractivity contribution in [2.45, 2.75) is 4.21 Å². The van der Waals surface area contributed by atoms with E-state index in [0.717, 1.165) is 4.21 Å². The number of nitrogen functional groups attached to an aromatic ring is 1. The van der Waals surface area contributed by atoms with Crippen molar-refractivity contribution in [2.75, 3.05) is 19.1 Å². The van der Waals surface area contributed by atoms with Crippen LogP contribution in [0.25, 0.3) is 0 Å². The van der Waals surface area contributed by atoms with Gasteiger partial charge in [0, 0.05) is 0 Å². The summed E-state index contributed by atoms with van der Waals surface area (Å²) < 4.78 is 9.20. The summed E-state index contributed by atoms with van der Waals surface area (Å²) in [6.07, 6.45) is 1.86. The van der Waals surface area contributed by atoms with E-state index < -0.39 is 5.97 Å². The number of nitrogens with zero attached hydrogens (tertiary/aromatic N) is 1. The van der Waals surface area contributed by atoms with Crippen LogP contribution in [0.2, 0.25) is 0 Å². The van der Waals surface area contributed by atoms with Gasteiger partial charge in [-0.25, -0.2) is 4.79 Å². The van der Waals surface area contributed by atoms with Crippen LogP contribution in [0.1, 0.15) is 10.4 Å². The predicted molar refractivity (Wildman–Crippen MR) is 49.6 cm³/mol. The standard InChI is InChI=1S/C6H8N2O2S2/c1-10-5(9)3-4(7)8-12-6(3)11-2/h1-2H3,(H2,7,8). The number of anilines is 1. The van der Waals surface area contributed by atoms with Crippen molar-refractivity contribution < 1.29 is 9.53 Å². The molecule has 1 aromatic heterocycles. The Kier molecular flexibility index (Phi) is 2.93. The number of nitrogens with two attached hydrogens (primary N) is 1. The van der Waals surface area contributed by atoms with Gasteiger partial charge in [-0.15, -0.1) is 11.8 Å². The first-order valence-corrected chi connectivity index (χ1v) is 5.08. The second kappa shape index (κ2) is 3.77. The molecule has 12 heavy (non-hydrogen) atoms. The number of aromatic nitrogens is 1. The highest BCUT2D eigenvalue weighted by atomic mass is 32.2. The van der Waals surface area contributed by atoms with Crippen LogP contribution in [0.15, 0.2) is 4.21 Å². The third-order valence-corrected chi connectivity index (χ3v) is 3.22. The monoisotopic (exact) mass is 204 g/mol. The molecule has 0 aromatic carbocycles. The fourth-order valence-corrected chi connectivity index (χ4v) is 2.07. The van der Waals surface area contributed by atoms with Crippen LogP contribution in [-0.4, -0.2) is 23.7 Å². The summed E-state index contributed by atoms with van der Waals surface area (Å²) in [6, 6.07) is 0. The minimum Gasteiger partial charge on any atom is -0.465 e. The van der Waals surface area contributed by atoms with Gasteiger partial charge < -0.3 is 10.5 Å². The second-order valence-electron chi connectivity index (χ2n) is 1.93. The first kappa shape index (κ1) is 9.34. The Balaban J connectivity index is 3.10. The Morgan fingerprint density at radius 1 is 1.75 bits per heavy atom. The fourth-order valence-electron chi connectivity index (χ4n) is 0.716. The van der Waals surface area contributed by atoms with E-state index in [-0.39, 0.29) is 5.82 Å². The minimum atomic E-state index is -0.425. The van der Waals surface area contributed by atoms with Crippen molar-refractivity contribution >= 4 is 35.1 Å². The highest BCUT2D eigenvalue weighted by molar-refractivity contribution is 8.00. The van der Waals surface area contributed by atoms with Crippen LogP contribution in [-0.2, 0) is 4.74 Å². The van der Waals surface area contributed by atoms with Gasteiger partial charge in [-0.3, -0.25) is 0 Å². The zero-order valence-corrected chi connectivity index (χ0v) is 8.29. The van der Waals surface area contributed by atoms with Crippen molar-refractivity contribution in [1.82, 2.24) is 4.37 Å². The normalized spacial score (nSPS) is 9.83. The lowest BCUT2D eigenvalue weighted by Gasteiger charge is -1.97. The molecule has 0 aliphatic rings. The summed E-state index contributed by atoms with van der Waals surface area (Å²) in [4.78, 5) is 11.1. The van der Waals surface area contributed by atoms with Crippen molar-refractivity contribution in [2.24, 2.45) is 0 Å². The Hall–Kier alpha value is -0.750. The Morgan fingerprint density at radius 3 is 2.92 bits per heavy atom. The molecular weight excluding hydrogens is 196 g/mol. The molecule has 0 unspecified atom stereocenters. The number of hydrogen-bond donors (Lipinski definition) is 1. The van der Waals surface area contributed by atoms with Crippen LogP contribution >= 0.6 is 23.3 Å². The average molecular weight is 204 g/mol. The van der Waals surface area contributed by atoms with Crippen molar-refractivity contribution in [3.8, 4) is 0 Å². The second-order valence-corrected chi connectivity index (χ2v) is 3.77. The molecule has 0 atom stereocenters. The molecule has 1 heterocycles. The Morgan fingerprint density at radius 2 is 2.42 bits per heavy atom. The Bertz CT molecular complexity index is 298. The molecule has 1 aromatic rings. The molecular formula is C6H8N2O2S2. The van der Waals surface area contributed by atoms with E-state index in [9.17, 15) is 4.79 Å². The SMILES string of the molecule is COC(=O)c1c(N)nsc1SC. The largest absolute Gasteiger partial charge is 0.465 e. The number of hydrogen-bond acceptors (Lipinski definition) is 6.